The first kappa shape index (κ1) is 11.9. The SMILES string of the molecule is CCN(c1cc(F)cc(C#N)c1)C1CCNC1. The second-order valence-corrected chi connectivity index (χ2v) is 4.24. The molecule has 1 saturated heterocycles. The van der Waals surface area contributed by atoms with Gasteiger partial charge in [0.2, 0.25) is 0 Å². The lowest BCUT2D eigenvalue weighted by Gasteiger charge is -2.29. The predicted molar refractivity (Wildman–Crippen MR) is 65.4 cm³/mol. The number of nitrogens with one attached hydrogen (secondary N) is 1. The van der Waals surface area contributed by atoms with Gasteiger partial charge < -0.3 is 10.2 Å². The van der Waals surface area contributed by atoms with Crippen molar-refractivity contribution in [1.82, 2.24) is 5.32 Å². The zero-order valence-electron chi connectivity index (χ0n) is 9.91. The minimum atomic E-state index is -0.344. The molecule has 1 aromatic rings. The third-order valence-corrected chi connectivity index (χ3v) is 3.16. The first-order valence-corrected chi connectivity index (χ1v) is 5.92. The van der Waals surface area contributed by atoms with Crippen LogP contribution in [0.25, 0.3) is 0 Å². The highest BCUT2D eigenvalue weighted by molar-refractivity contribution is 5.53. The van der Waals surface area contributed by atoms with Crippen LogP contribution in [0.4, 0.5) is 10.1 Å². The molecule has 4 heteroatoms. The molecule has 1 heterocycles. The van der Waals surface area contributed by atoms with Gasteiger partial charge in [-0.15, -0.1) is 0 Å². The van der Waals surface area contributed by atoms with Gasteiger partial charge in [0.05, 0.1) is 11.6 Å². The second kappa shape index (κ2) is 5.15. The summed E-state index contributed by atoms with van der Waals surface area (Å²) in [6.07, 6.45) is 1.06. The molecule has 1 aliphatic heterocycles. The quantitative estimate of drug-likeness (QED) is 0.866. The lowest BCUT2D eigenvalue weighted by Crippen LogP contribution is -2.36. The first-order chi connectivity index (χ1) is 8.24. The molecule has 0 saturated carbocycles. The standard InChI is InChI=1S/C13H16FN3/c1-2-17(12-3-4-16-9-12)13-6-10(8-15)5-11(14)7-13/h5-7,12,16H,2-4,9H2,1H3. The Hall–Kier alpha value is -1.60. The molecular formula is C13H16FN3. The molecular weight excluding hydrogens is 217 g/mol. The van der Waals surface area contributed by atoms with Gasteiger partial charge in [0.25, 0.3) is 0 Å². The van der Waals surface area contributed by atoms with E-state index in [9.17, 15) is 4.39 Å². The van der Waals surface area contributed by atoms with E-state index in [1.807, 2.05) is 6.07 Å². The minimum Gasteiger partial charge on any atom is -0.367 e. The Bertz CT molecular complexity index is 433. The van der Waals surface area contributed by atoms with Crippen molar-refractivity contribution in [3.05, 3.63) is 29.6 Å². The Labute approximate surface area is 101 Å². The van der Waals surface area contributed by atoms with Crippen LogP contribution in [0.1, 0.15) is 18.9 Å². The zero-order chi connectivity index (χ0) is 12.3. The fraction of sp³-hybridized carbons (Fsp3) is 0.462. The molecule has 1 N–H and O–H groups in total. The second-order valence-electron chi connectivity index (χ2n) is 4.24. The summed E-state index contributed by atoms with van der Waals surface area (Å²) in [6, 6.07) is 6.92. The van der Waals surface area contributed by atoms with Crippen LogP contribution in [0.2, 0.25) is 0 Å². The highest BCUT2D eigenvalue weighted by atomic mass is 19.1. The molecule has 90 valence electrons. The number of halogens is 1. The van der Waals surface area contributed by atoms with Crippen LogP contribution in [0.5, 0.6) is 0 Å². The monoisotopic (exact) mass is 233 g/mol. The summed E-state index contributed by atoms with van der Waals surface area (Å²) in [5.74, 6) is -0.344. The zero-order valence-corrected chi connectivity index (χ0v) is 9.91. The van der Waals surface area contributed by atoms with E-state index in [1.54, 1.807) is 6.07 Å². The van der Waals surface area contributed by atoms with E-state index in [2.05, 4.69) is 17.1 Å². The van der Waals surface area contributed by atoms with Crippen molar-refractivity contribution in [2.75, 3.05) is 24.5 Å². The van der Waals surface area contributed by atoms with Crippen LogP contribution < -0.4 is 10.2 Å². The van der Waals surface area contributed by atoms with Crippen LogP contribution in [0, 0.1) is 17.1 Å². The summed E-state index contributed by atoms with van der Waals surface area (Å²) in [7, 11) is 0. The number of likely N-dealkylation sites (N-methyl/N-ethyl adjacent to an activating group) is 1. The van der Waals surface area contributed by atoms with Crippen molar-refractivity contribution in [2.24, 2.45) is 0 Å². The molecule has 1 atom stereocenters. The smallest absolute Gasteiger partial charge is 0.126 e. The molecule has 0 aromatic heterocycles. The fourth-order valence-electron chi connectivity index (χ4n) is 2.36. The Morgan fingerprint density at radius 3 is 2.94 bits per heavy atom. The van der Waals surface area contributed by atoms with Crippen molar-refractivity contribution < 1.29 is 4.39 Å². The number of hydrogen-bond donors (Lipinski definition) is 1. The van der Waals surface area contributed by atoms with Crippen molar-refractivity contribution in [2.45, 2.75) is 19.4 Å². The van der Waals surface area contributed by atoms with E-state index in [1.165, 1.54) is 12.1 Å². The third-order valence-electron chi connectivity index (χ3n) is 3.16. The molecule has 3 nitrogen and oxygen atoms in total. The number of anilines is 1. The highest BCUT2D eigenvalue weighted by Crippen LogP contribution is 2.22. The average molecular weight is 233 g/mol. The van der Waals surface area contributed by atoms with Gasteiger partial charge in [-0.1, -0.05) is 0 Å². The van der Waals surface area contributed by atoms with E-state index < -0.39 is 0 Å². The van der Waals surface area contributed by atoms with Gasteiger partial charge in [-0.25, -0.2) is 4.39 Å². The van der Waals surface area contributed by atoms with E-state index in [4.69, 9.17) is 5.26 Å². The first-order valence-electron chi connectivity index (χ1n) is 5.92. The summed E-state index contributed by atoms with van der Waals surface area (Å²) < 4.78 is 13.4. The molecule has 1 aromatic carbocycles. The molecule has 2 rings (SSSR count). The molecule has 0 amide bonds. The highest BCUT2D eigenvalue weighted by Gasteiger charge is 2.21. The lowest BCUT2D eigenvalue weighted by molar-refractivity contribution is 0.617. The molecule has 17 heavy (non-hydrogen) atoms. The summed E-state index contributed by atoms with van der Waals surface area (Å²) in [4.78, 5) is 2.16. The Balaban J connectivity index is 2.30. The van der Waals surface area contributed by atoms with Gasteiger partial charge in [0.1, 0.15) is 5.82 Å². The predicted octanol–water partition coefficient (Wildman–Crippen LogP) is 1.89. The van der Waals surface area contributed by atoms with Gasteiger partial charge in [-0.05, 0) is 38.1 Å². The minimum absolute atomic E-state index is 0.344. The maximum Gasteiger partial charge on any atom is 0.126 e. The molecule has 0 spiro atoms. The van der Waals surface area contributed by atoms with Gasteiger partial charge >= 0.3 is 0 Å². The normalized spacial score (nSPS) is 19.0. The number of nitriles is 1. The van der Waals surface area contributed by atoms with Crippen LogP contribution in [0.3, 0.4) is 0 Å². The summed E-state index contributed by atoms with van der Waals surface area (Å²) >= 11 is 0. The van der Waals surface area contributed by atoms with Gasteiger partial charge in [-0.2, -0.15) is 5.26 Å². The van der Waals surface area contributed by atoms with Gasteiger partial charge in [0.15, 0.2) is 0 Å². The Kier molecular flexibility index (Phi) is 3.60. The van der Waals surface area contributed by atoms with Crippen molar-refractivity contribution in [3.63, 3.8) is 0 Å². The maximum atomic E-state index is 13.4. The molecule has 0 radical (unpaired) electrons. The van der Waals surface area contributed by atoms with Crippen molar-refractivity contribution in [3.8, 4) is 6.07 Å². The summed E-state index contributed by atoms with van der Waals surface area (Å²) in [5.41, 5.74) is 1.18. The van der Waals surface area contributed by atoms with Crippen LogP contribution in [0.15, 0.2) is 18.2 Å². The fourth-order valence-corrected chi connectivity index (χ4v) is 2.36. The Morgan fingerprint density at radius 2 is 2.35 bits per heavy atom. The van der Waals surface area contributed by atoms with Crippen LogP contribution in [-0.4, -0.2) is 25.7 Å². The van der Waals surface area contributed by atoms with Gasteiger partial charge in [-0.3, -0.25) is 0 Å². The summed E-state index contributed by atoms with van der Waals surface area (Å²) in [5, 5.41) is 12.2. The maximum absolute atomic E-state index is 13.4. The molecule has 1 unspecified atom stereocenters. The third kappa shape index (κ3) is 2.56. The Morgan fingerprint density at radius 1 is 1.53 bits per heavy atom. The molecule has 0 aliphatic carbocycles. The van der Waals surface area contributed by atoms with E-state index in [0.717, 1.165) is 31.7 Å². The van der Waals surface area contributed by atoms with Crippen LogP contribution >= 0.6 is 0 Å². The lowest BCUT2D eigenvalue weighted by atomic mass is 10.1. The largest absolute Gasteiger partial charge is 0.367 e. The van der Waals surface area contributed by atoms with Crippen molar-refractivity contribution >= 4 is 5.69 Å². The summed E-state index contributed by atoms with van der Waals surface area (Å²) in [6.45, 7) is 4.80. The van der Waals surface area contributed by atoms with E-state index in [-0.39, 0.29) is 5.82 Å². The van der Waals surface area contributed by atoms with Gasteiger partial charge in [0, 0.05) is 24.8 Å². The number of nitrogens with zero attached hydrogens (tertiary/aromatic N) is 2. The number of rotatable bonds is 3. The van der Waals surface area contributed by atoms with Crippen LogP contribution in [-0.2, 0) is 0 Å². The van der Waals surface area contributed by atoms with Crippen molar-refractivity contribution in [1.29, 1.82) is 5.26 Å². The molecule has 1 fully saturated rings. The average Bonchev–Trinajstić information content (AvgIpc) is 2.83. The van der Waals surface area contributed by atoms with E-state index >= 15 is 0 Å². The number of hydrogen-bond acceptors (Lipinski definition) is 3. The molecule has 0 bridgehead atoms. The topological polar surface area (TPSA) is 39.1 Å². The molecule has 1 aliphatic rings. The van der Waals surface area contributed by atoms with E-state index in [0.29, 0.717) is 11.6 Å². The number of benzene rings is 1.